The van der Waals surface area contributed by atoms with E-state index in [2.05, 4.69) is 5.32 Å². The van der Waals surface area contributed by atoms with E-state index in [-0.39, 0.29) is 28.7 Å². The Bertz CT molecular complexity index is 1520. The van der Waals surface area contributed by atoms with Gasteiger partial charge in [-0.05, 0) is 18.9 Å². The van der Waals surface area contributed by atoms with Gasteiger partial charge in [-0.1, -0.05) is 31.5 Å². The minimum atomic E-state index is -2.27. The van der Waals surface area contributed by atoms with E-state index >= 15 is 0 Å². The number of carbonyl (C=O) groups excluding carboxylic acids is 4. The molecule has 6 atom stereocenters. The number of nitrogens with one attached hydrogen (secondary N) is 1. The van der Waals surface area contributed by atoms with E-state index in [9.17, 15) is 44.7 Å². The molecule has 0 spiro atoms. The summed E-state index contributed by atoms with van der Waals surface area (Å²) in [5.41, 5.74) is -2.62. The maximum atomic E-state index is 13.8. The van der Waals surface area contributed by atoms with E-state index in [1.165, 1.54) is 13.0 Å². The van der Waals surface area contributed by atoms with E-state index in [1.54, 1.807) is 19.1 Å². The number of phenolic OH excluding ortho intramolecular Hbond substituents is 2. The van der Waals surface area contributed by atoms with Crippen LogP contribution in [0.2, 0.25) is 0 Å². The van der Waals surface area contributed by atoms with E-state index in [4.69, 9.17) is 9.47 Å². The number of hydrogen-bond donors (Lipinski definition) is 6. The van der Waals surface area contributed by atoms with Crippen molar-refractivity contribution in [3.8, 4) is 11.5 Å². The van der Waals surface area contributed by atoms with Gasteiger partial charge < -0.3 is 40.3 Å². The number of aliphatic hydroxyl groups excluding tert-OH is 2. The van der Waals surface area contributed by atoms with Crippen molar-refractivity contribution < 1.29 is 54.2 Å². The molecule has 6 unspecified atom stereocenters. The van der Waals surface area contributed by atoms with Crippen LogP contribution < -0.4 is 5.32 Å². The minimum Gasteiger partial charge on any atom is -0.507 e. The Hall–Kier alpha value is -3.68. The summed E-state index contributed by atoms with van der Waals surface area (Å²) >= 11 is 0. The molecule has 43 heavy (non-hydrogen) atoms. The lowest BCUT2D eigenvalue weighted by Gasteiger charge is -2.42. The number of ether oxygens (including phenoxy) is 2. The molecule has 0 radical (unpaired) electrons. The highest BCUT2D eigenvalue weighted by Crippen LogP contribution is 2.52. The summed E-state index contributed by atoms with van der Waals surface area (Å²) in [5, 5.41) is 57.3. The first-order chi connectivity index (χ1) is 20.3. The van der Waals surface area contributed by atoms with Gasteiger partial charge in [-0.3, -0.25) is 19.2 Å². The molecule has 1 amide bonds. The summed E-state index contributed by atoms with van der Waals surface area (Å²) in [4.78, 5) is 52.1. The van der Waals surface area contributed by atoms with E-state index < -0.39 is 102 Å². The van der Waals surface area contributed by atoms with Crippen LogP contribution >= 0.6 is 0 Å². The van der Waals surface area contributed by atoms with Crippen molar-refractivity contribution in [1.82, 2.24) is 5.32 Å². The van der Waals surface area contributed by atoms with Gasteiger partial charge in [0, 0.05) is 48.4 Å². The molecule has 230 valence electrons. The third kappa shape index (κ3) is 5.12. The number of benzene rings is 2. The molecule has 6 N–H and O–H groups in total. The van der Waals surface area contributed by atoms with Gasteiger partial charge in [0.1, 0.15) is 29.8 Å². The highest BCUT2D eigenvalue weighted by atomic mass is 16.7. The zero-order valence-corrected chi connectivity index (χ0v) is 24.0. The second-order valence-corrected chi connectivity index (χ2v) is 11.5. The van der Waals surface area contributed by atoms with E-state index in [1.807, 2.05) is 6.92 Å². The number of amides is 1. The fraction of sp³-hybridized carbons (Fsp3) is 0.484. The first kappa shape index (κ1) is 30.8. The van der Waals surface area contributed by atoms with Crippen molar-refractivity contribution in [2.45, 2.75) is 89.1 Å². The first-order valence-electron chi connectivity index (χ1n) is 14.3. The number of hydrogen-bond acceptors (Lipinski definition) is 11. The molecular weight excluding hydrogens is 562 g/mol. The largest absolute Gasteiger partial charge is 0.507 e. The maximum Gasteiger partial charge on any atom is 0.217 e. The molecule has 1 fully saturated rings. The monoisotopic (exact) mass is 597 g/mol. The van der Waals surface area contributed by atoms with Gasteiger partial charge in [0.25, 0.3) is 0 Å². The number of aryl methyl sites for hydroxylation is 1. The molecule has 1 heterocycles. The van der Waals surface area contributed by atoms with Gasteiger partial charge >= 0.3 is 0 Å². The van der Waals surface area contributed by atoms with Crippen LogP contribution in [0.5, 0.6) is 11.5 Å². The summed E-state index contributed by atoms with van der Waals surface area (Å²) in [6.07, 6.45) is -4.33. The van der Waals surface area contributed by atoms with Crippen molar-refractivity contribution in [3.63, 3.8) is 0 Å². The van der Waals surface area contributed by atoms with Crippen LogP contribution in [0.15, 0.2) is 18.2 Å². The van der Waals surface area contributed by atoms with Crippen molar-refractivity contribution in [2.75, 3.05) is 6.61 Å². The minimum absolute atomic E-state index is 0.0496. The summed E-state index contributed by atoms with van der Waals surface area (Å²) < 4.78 is 11.9. The quantitative estimate of drug-likeness (QED) is 0.213. The molecule has 0 bridgehead atoms. The number of aromatic hydroxyl groups is 2. The SMILES string of the molecule is CCCc1cccc2c1C(=O)c1c(O)c3c(c(O)c1C2=O)C(OC1CC(NC(C)=O)C(O)C(C)O1)CC(O)(C(=O)CO)C3. The predicted octanol–water partition coefficient (Wildman–Crippen LogP) is 1.12. The molecule has 12 heteroatoms. The van der Waals surface area contributed by atoms with Gasteiger partial charge in [0.15, 0.2) is 23.6 Å². The van der Waals surface area contributed by atoms with E-state index in [0.717, 1.165) is 0 Å². The average Bonchev–Trinajstić information content (AvgIpc) is 2.95. The van der Waals surface area contributed by atoms with E-state index in [0.29, 0.717) is 18.4 Å². The van der Waals surface area contributed by atoms with Crippen molar-refractivity contribution >= 4 is 23.3 Å². The van der Waals surface area contributed by atoms with Gasteiger partial charge in [0.05, 0.1) is 29.4 Å². The Morgan fingerprint density at radius 2 is 1.81 bits per heavy atom. The van der Waals surface area contributed by atoms with Crippen molar-refractivity contribution in [3.05, 3.63) is 57.1 Å². The summed E-state index contributed by atoms with van der Waals surface area (Å²) in [6.45, 7) is 3.72. The van der Waals surface area contributed by atoms with Crippen LogP contribution in [0.3, 0.4) is 0 Å². The molecule has 1 saturated heterocycles. The lowest BCUT2D eigenvalue weighted by Crippen LogP contribution is -2.55. The molecule has 2 aliphatic carbocycles. The van der Waals surface area contributed by atoms with Gasteiger partial charge in [-0.15, -0.1) is 0 Å². The fourth-order valence-electron chi connectivity index (χ4n) is 6.53. The van der Waals surface area contributed by atoms with Crippen LogP contribution in [0.25, 0.3) is 0 Å². The molecule has 2 aromatic carbocycles. The highest BCUT2D eigenvalue weighted by Gasteiger charge is 2.50. The van der Waals surface area contributed by atoms with Crippen LogP contribution in [0.4, 0.5) is 0 Å². The molecule has 5 rings (SSSR count). The maximum absolute atomic E-state index is 13.8. The molecule has 2 aromatic rings. The molecule has 0 saturated carbocycles. The van der Waals surface area contributed by atoms with Gasteiger partial charge in [-0.2, -0.15) is 0 Å². The number of phenols is 2. The second-order valence-electron chi connectivity index (χ2n) is 11.5. The van der Waals surface area contributed by atoms with Gasteiger partial charge in [-0.25, -0.2) is 0 Å². The zero-order chi connectivity index (χ0) is 31.4. The molecule has 0 aromatic heterocycles. The van der Waals surface area contributed by atoms with Crippen molar-refractivity contribution in [1.29, 1.82) is 0 Å². The van der Waals surface area contributed by atoms with Crippen LogP contribution in [-0.4, -0.2) is 85.5 Å². The van der Waals surface area contributed by atoms with Crippen LogP contribution in [0.1, 0.15) is 94.7 Å². The number of aliphatic hydroxyl groups is 3. The average molecular weight is 598 g/mol. The number of ketones is 3. The van der Waals surface area contributed by atoms with Crippen molar-refractivity contribution in [2.24, 2.45) is 0 Å². The summed E-state index contributed by atoms with van der Waals surface area (Å²) in [6, 6.07) is 4.06. The molecule has 1 aliphatic heterocycles. The third-order valence-corrected chi connectivity index (χ3v) is 8.57. The topological polar surface area (TPSA) is 200 Å². The zero-order valence-electron chi connectivity index (χ0n) is 24.0. The third-order valence-electron chi connectivity index (χ3n) is 8.57. The number of rotatable bonds is 7. The number of fused-ring (bicyclic) bond motifs is 3. The summed E-state index contributed by atoms with van der Waals surface area (Å²) in [5.74, 6) is -4.06. The Kier molecular flexibility index (Phi) is 8.18. The number of Topliss-reactive ketones (excluding diaryl/α,β-unsaturated/α-hetero) is 1. The van der Waals surface area contributed by atoms with Crippen LogP contribution in [0, 0.1) is 0 Å². The Morgan fingerprint density at radius 1 is 1.12 bits per heavy atom. The van der Waals surface area contributed by atoms with Gasteiger partial charge in [0.2, 0.25) is 5.91 Å². The lowest BCUT2D eigenvalue weighted by molar-refractivity contribution is -0.249. The molecular formula is C31H35NO11. The van der Waals surface area contributed by atoms with Crippen LogP contribution in [-0.2, 0) is 31.9 Å². The normalized spacial score (nSPS) is 28.1. The Balaban J connectivity index is 1.64. The second kappa shape index (κ2) is 11.4. The molecule has 3 aliphatic rings. The predicted molar refractivity (Wildman–Crippen MR) is 149 cm³/mol. The highest BCUT2D eigenvalue weighted by molar-refractivity contribution is 6.31. The smallest absolute Gasteiger partial charge is 0.217 e. The summed E-state index contributed by atoms with van der Waals surface area (Å²) in [7, 11) is 0. The lowest BCUT2D eigenvalue weighted by atomic mass is 9.71. The Morgan fingerprint density at radius 3 is 2.47 bits per heavy atom. The first-order valence-corrected chi connectivity index (χ1v) is 14.3. The standard InChI is InChI=1S/C31H35NO11/c1-4-6-15-7-5-8-16-22(15)29(39)25-24(27(16)37)30(40)23-17(28(25)38)10-31(41,20(35)12-33)11-19(23)43-21-9-18(32-14(3)34)26(36)13(2)42-21/h5,7-8,13,18-19,21,26,33,36,38,40-41H,4,6,9-12H2,1-3H3,(H,32,34). The number of carbonyl (C=O) groups is 4. The molecule has 12 nitrogen and oxygen atoms in total. The Labute approximate surface area is 247 Å². The fourth-order valence-corrected chi connectivity index (χ4v) is 6.53.